The number of rotatable bonds is 6. The van der Waals surface area contributed by atoms with Crippen molar-refractivity contribution >= 4 is 0 Å². The molecule has 0 aromatic carbocycles. The molecule has 0 spiro atoms. The van der Waals surface area contributed by atoms with Gasteiger partial charge in [-0.25, -0.2) is 0 Å². The Morgan fingerprint density at radius 2 is 2.06 bits per heavy atom. The van der Waals surface area contributed by atoms with Crippen molar-refractivity contribution in [2.75, 3.05) is 33.4 Å². The lowest BCUT2D eigenvalue weighted by Gasteiger charge is -2.40. The minimum Gasteiger partial charge on any atom is -0.395 e. The summed E-state index contributed by atoms with van der Waals surface area (Å²) in [5, 5.41) is 12.9. The molecule has 2 fully saturated rings. The SMILES string of the molecule is COC1CCCCC1N(CCO)CC1CCCN1. The maximum Gasteiger partial charge on any atom is 0.0726 e. The first-order chi connectivity index (χ1) is 8.85. The second kappa shape index (κ2) is 7.43. The summed E-state index contributed by atoms with van der Waals surface area (Å²) in [6, 6.07) is 1.11. The maximum atomic E-state index is 9.30. The molecule has 0 aromatic heterocycles. The molecule has 106 valence electrons. The van der Waals surface area contributed by atoms with Gasteiger partial charge >= 0.3 is 0 Å². The summed E-state index contributed by atoms with van der Waals surface area (Å²) in [5.41, 5.74) is 0. The third-order valence-corrected chi connectivity index (χ3v) is 4.44. The smallest absolute Gasteiger partial charge is 0.0726 e. The minimum atomic E-state index is 0.250. The highest BCUT2D eigenvalue weighted by molar-refractivity contribution is 4.87. The lowest BCUT2D eigenvalue weighted by molar-refractivity contribution is -0.0181. The van der Waals surface area contributed by atoms with Crippen LogP contribution in [0.15, 0.2) is 0 Å². The van der Waals surface area contributed by atoms with Crippen molar-refractivity contribution in [1.82, 2.24) is 10.2 Å². The zero-order valence-electron chi connectivity index (χ0n) is 11.6. The summed E-state index contributed by atoms with van der Waals surface area (Å²) < 4.78 is 5.65. The van der Waals surface area contributed by atoms with Crippen LogP contribution in [-0.4, -0.2) is 61.5 Å². The zero-order valence-corrected chi connectivity index (χ0v) is 11.6. The van der Waals surface area contributed by atoms with Gasteiger partial charge < -0.3 is 15.2 Å². The van der Waals surface area contributed by atoms with Gasteiger partial charge in [0.1, 0.15) is 0 Å². The monoisotopic (exact) mass is 256 g/mol. The van der Waals surface area contributed by atoms with Gasteiger partial charge in [0.15, 0.2) is 0 Å². The molecule has 0 radical (unpaired) electrons. The molecule has 2 rings (SSSR count). The van der Waals surface area contributed by atoms with Gasteiger partial charge in [-0.3, -0.25) is 4.90 Å². The number of aliphatic hydroxyl groups is 1. The molecule has 0 aromatic rings. The first-order valence-corrected chi connectivity index (χ1v) is 7.46. The van der Waals surface area contributed by atoms with Crippen LogP contribution in [0.25, 0.3) is 0 Å². The predicted octanol–water partition coefficient (Wildman–Crippen LogP) is 0.990. The van der Waals surface area contributed by atoms with E-state index in [-0.39, 0.29) is 6.61 Å². The first-order valence-electron chi connectivity index (χ1n) is 7.46. The van der Waals surface area contributed by atoms with E-state index >= 15 is 0 Å². The number of hydrogen-bond acceptors (Lipinski definition) is 4. The quantitative estimate of drug-likeness (QED) is 0.744. The molecule has 0 bridgehead atoms. The summed E-state index contributed by atoms with van der Waals surface area (Å²) in [4.78, 5) is 2.45. The van der Waals surface area contributed by atoms with E-state index < -0.39 is 0 Å². The van der Waals surface area contributed by atoms with Gasteiger partial charge in [-0.05, 0) is 32.2 Å². The van der Waals surface area contributed by atoms with Crippen LogP contribution in [-0.2, 0) is 4.74 Å². The van der Waals surface area contributed by atoms with E-state index in [9.17, 15) is 5.11 Å². The topological polar surface area (TPSA) is 44.7 Å². The van der Waals surface area contributed by atoms with Gasteiger partial charge in [-0.1, -0.05) is 12.8 Å². The molecule has 1 saturated carbocycles. The lowest BCUT2D eigenvalue weighted by atomic mass is 9.90. The Morgan fingerprint density at radius 1 is 1.22 bits per heavy atom. The minimum absolute atomic E-state index is 0.250. The third kappa shape index (κ3) is 3.67. The van der Waals surface area contributed by atoms with Crippen LogP contribution in [0.1, 0.15) is 38.5 Å². The highest BCUT2D eigenvalue weighted by Gasteiger charge is 2.31. The average Bonchev–Trinajstić information content (AvgIpc) is 2.91. The molecule has 4 heteroatoms. The predicted molar refractivity (Wildman–Crippen MR) is 72.7 cm³/mol. The van der Waals surface area contributed by atoms with E-state index in [2.05, 4.69) is 10.2 Å². The molecule has 1 heterocycles. The number of ether oxygens (including phenoxy) is 1. The van der Waals surface area contributed by atoms with E-state index in [1.165, 1.54) is 38.5 Å². The Labute approximate surface area is 111 Å². The van der Waals surface area contributed by atoms with Gasteiger partial charge in [0.25, 0.3) is 0 Å². The van der Waals surface area contributed by atoms with E-state index in [4.69, 9.17) is 4.74 Å². The molecule has 3 atom stereocenters. The molecule has 4 nitrogen and oxygen atoms in total. The van der Waals surface area contributed by atoms with E-state index in [1.54, 1.807) is 0 Å². The van der Waals surface area contributed by atoms with Crippen LogP contribution in [0.3, 0.4) is 0 Å². The molecule has 2 aliphatic rings. The number of aliphatic hydroxyl groups excluding tert-OH is 1. The summed E-state index contributed by atoms with van der Waals surface area (Å²) >= 11 is 0. The highest BCUT2D eigenvalue weighted by atomic mass is 16.5. The van der Waals surface area contributed by atoms with Crippen molar-refractivity contribution in [3.05, 3.63) is 0 Å². The second-order valence-corrected chi connectivity index (χ2v) is 5.64. The average molecular weight is 256 g/mol. The van der Waals surface area contributed by atoms with Gasteiger partial charge in [0.2, 0.25) is 0 Å². The van der Waals surface area contributed by atoms with Gasteiger partial charge in [-0.2, -0.15) is 0 Å². The second-order valence-electron chi connectivity index (χ2n) is 5.64. The van der Waals surface area contributed by atoms with Gasteiger partial charge in [0.05, 0.1) is 12.7 Å². The Morgan fingerprint density at radius 3 is 2.72 bits per heavy atom. The summed E-state index contributed by atoms with van der Waals surface area (Å²) in [6.45, 7) is 3.24. The van der Waals surface area contributed by atoms with E-state index in [0.717, 1.165) is 19.6 Å². The van der Waals surface area contributed by atoms with Crippen LogP contribution < -0.4 is 5.32 Å². The molecule has 2 N–H and O–H groups in total. The fourth-order valence-corrected chi connectivity index (χ4v) is 3.49. The molecule has 1 aliphatic heterocycles. The van der Waals surface area contributed by atoms with Crippen LogP contribution in [0, 0.1) is 0 Å². The first kappa shape index (κ1) is 14.3. The van der Waals surface area contributed by atoms with E-state index in [0.29, 0.717) is 18.2 Å². The zero-order chi connectivity index (χ0) is 12.8. The van der Waals surface area contributed by atoms with Crippen molar-refractivity contribution in [3.8, 4) is 0 Å². The van der Waals surface area contributed by atoms with Crippen molar-refractivity contribution in [2.45, 2.75) is 56.7 Å². The summed E-state index contributed by atoms with van der Waals surface area (Å²) in [6.07, 6.45) is 7.87. The lowest BCUT2D eigenvalue weighted by Crippen LogP contribution is -2.51. The van der Waals surface area contributed by atoms with Crippen LogP contribution >= 0.6 is 0 Å². The van der Waals surface area contributed by atoms with E-state index in [1.807, 2.05) is 7.11 Å². The molecule has 3 unspecified atom stereocenters. The van der Waals surface area contributed by atoms with Crippen LogP contribution in [0.2, 0.25) is 0 Å². The fraction of sp³-hybridized carbons (Fsp3) is 1.00. The number of nitrogens with one attached hydrogen (secondary N) is 1. The largest absolute Gasteiger partial charge is 0.395 e. The van der Waals surface area contributed by atoms with Crippen molar-refractivity contribution in [1.29, 1.82) is 0 Å². The molecule has 0 amide bonds. The number of nitrogens with zero attached hydrogens (tertiary/aromatic N) is 1. The Balaban J connectivity index is 1.93. The molecule has 1 saturated heterocycles. The third-order valence-electron chi connectivity index (χ3n) is 4.44. The number of methoxy groups -OCH3 is 1. The van der Waals surface area contributed by atoms with Crippen LogP contribution in [0.4, 0.5) is 0 Å². The van der Waals surface area contributed by atoms with Gasteiger partial charge in [0, 0.05) is 32.3 Å². The molecular weight excluding hydrogens is 228 g/mol. The Hall–Kier alpha value is -0.160. The highest BCUT2D eigenvalue weighted by Crippen LogP contribution is 2.25. The molecular formula is C14H28N2O2. The van der Waals surface area contributed by atoms with Gasteiger partial charge in [-0.15, -0.1) is 0 Å². The normalized spacial score (nSPS) is 33.2. The Bertz CT molecular complexity index is 232. The molecule has 18 heavy (non-hydrogen) atoms. The maximum absolute atomic E-state index is 9.30. The van der Waals surface area contributed by atoms with Crippen molar-refractivity contribution in [2.24, 2.45) is 0 Å². The summed E-state index contributed by atoms with van der Waals surface area (Å²) in [5.74, 6) is 0. The molecule has 1 aliphatic carbocycles. The Kier molecular flexibility index (Phi) is 5.89. The standard InChI is InChI=1S/C14H28N2O2/c1-18-14-7-3-2-6-13(14)16(9-10-17)11-12-5-4-8-15-12/h12-15,17H,2-11H2,1H3. The van der Waals surface area contributed by atoms with Crippen molar-refractivity contribution < 1.29 is 9.84 Å². The van der Waals surface area contributed by atoms with Crippen molar-refractivity contribution in [3.63, 3.8) is 0 Å². The summed E-state index contributed by atoms with van der Waals surface area (Å²) in [7, 11) is 1.83. The van der Waals surface area contributed by atoms with Crippen LogP contribution in [0.5, 0.6) is 0 Å². The number of hydrogen-bond donors (Lipinski definition) is 2. The fourth-order valence-electron chi connectivity index (χ4n) is 3.49.